The molecule has 2 aromatic carbocycles. The summed E-state index contributed by atoms with van der Waals surface area (Å²) in [4.78, 5) is 18.6. The Morgan fingerprint density at radius 1 is 1.09 bits per heavy atom. The van der Waals surface area contributed by atoms with Gasteiger partial charge < -0.3 is 20.8 Å². The van der Waals surface area contributed by atoms with Crippen LogP contribution >= 0.6 is 0 Å². The molecule has 6 heteroatoms. The van der Waals surface area contributed by atoms with Crippen molar-refractivity contribution in [3.63, 3.8) is 0 Å². The maximum absolute atomic E-state index is 11.9. The molecular weight excluding hydrogens is 400 g/mol. The topological polar surface area (TPSA) is 92.3 Å². The Labute approximate surface area is 187 Å². The summed E-state index contributed by atoms with van der Waals surface area (Å²) in [6.45, 7) is 4.91. The van der Waals surface area contributed by atoms with E-state index < -0.39 is 0 Å². The number of pyridine rings is 1. The van der Waals surface area contributed by atoms with Gasteiger partial charge in [-0.25, -0.2) is 0 Å². The summed E-state index contributed by atoms with van der Waals surface area (Å²) < 4.78 is 5.87. The van der Waals surface area contributed by atoms with Crippen LogP contribution in [0.2, 0.25) is 0 Å². The highest BCUT2D eigenvalue weighted by molar-refractivity contribution is 5.91. The third kappa shape index (κ3) is 4.54. The number of anilines is 1. The molecule has 32 heavy (non-hydrogen) atoms. The van der Waals surface area contributed by atoms with E-state index in [-0.39, 0.29) is 11.8 Å². The molecule has 1 aromatic heterocycles. The zero-order valence-corrected chi connectivity index (χ0v) is 17.8. The monoisotopic (exact) mass is 426 g/mol. The number of benzene rings is 2. The molecule has 1 amide bonds. The molecule has 1 fully saturated rings. The number of likely N-dealkylation sites (tertiary alicyclic amines) is 1. The van der Waals surface area contributed by atoms with E-state index in [1.807, 2.05) is 65.6 Å². The molecule has 1 aliphatic rings. The van der Waals surface area contributed by atoms with Gasteiger partial charge in [-0.05, 0) is 61.4 Å². The Morgan fingerprint density at radius 2 is 1.75 bits per heavy atom. The van der Waals surface area contributed by atoms with Crippen LogP contribution in [-0.2, 0) is 4.79 Å². The van der Waals surface area contributed by atoms with Gasteiger partial charge in [0.1, 0.15) is 11.5 Å². The van der Waals surface area contributed by atoms with Crippen molar-refractivity contribution in [2.45, 2.75) is 18.8 Å². The summed E-state index contributed by atoms with van der Waals surface area (Å²) in [5.41, 5.74) is 9.93. The van der Waals surface area contributed by atoms with Crippen molar-refractivity contribution < 1.29 is 9.53 Å². The quantitative estimate of drug-likeness (QED) is 0.428. The smallest absolute Gasteiger partial charge is 0.245 e. The van der Waals surface area contributed by atoms with E-state index in [1.54, 1.807) is 0 Å². The molecule has 3 N–H and O–H groups in total. The van der Waals surface area contributed by atoms with Crippen LogP contribution in [0.15, 0.2) is 73.3 Å². The molecule has 1 saturated heterocycles. The van der Waals surface area contributed by atoms with E-state index in [2.05, 4.69) is 6.58 Å². The van der Waals surface area contributed by atoms with Gasteiger partial charge in [-0.15, -0.1) is 0 Å². The van der Waals surface area contributed by atoms with Crippen LogP contribution in [0.4, 0.5) is 5.69 Å². The average molecular weight is 427 g/mol. The van der Waals surface area contributed by atoms with Crippen LogP contribution in [0.25, 0.3) is 11.3 Å². The zero-order chi connectivity index (χ0) is 22.5. The number of para-hydroxylation sites is 1. The highest BCUT2D eigenvalue weighted by Crippen LogP contribution is 2.34. The van der Waals surface area contributed by atoms with Crippen LogP contribution in [0.5, 0.6) is 11.5 Å². The highest BCUT2D eigenvalue weighted by Gasteiger charge is 2.25. The zero-order valence-electron chi connectivity index (χ0n) is 17.8. The fourth-order valence-corrected chi connectivity index (χ4v) is 3.97. The fraction of sp³-hybridized carbons (Fsp3) is 0.192. The van der Waals surface area contributed by atoms with Gasteiger partial charge in [0.2, 0.25) is 5.91 Å². The minimum absolute atomic E-state index is 0.0348. The molecule has 0 spiro atoms. The van der Waals surface area contributed by atoms with Crippen LogP contribution in [-0.4, -0.2) is 35.1 Å². The number of nitrogens with zero attached hydrogens (tertiary/aromatic N) is 2. The summed E-state index contributed by atoms with van der Waals surface area (Å²) in [6.07, 6.45) is 4.26. The van der Waals surface area contributed by atoms with E-state index in [9.17, 15) is 4.79 Å². The molecule has 162 valence electrons. The SMILES string of the molecule is C=CC(=O)N1CCC(c2cc(C=N)c(N)c(-c3ccc(Oc4ccccc4)cc3)n2)CC1. The van der Waals surface area contributed by atoms with E-state index in [4.69, 9.17) is 20.9 Å². The number of amides is 1. The standard InChI is InChI=1S/C26H26N4O2/c1-2-24(31)30-14-12-18(13-15-30)23-16-20(17-27)25(28)26(29-23)19-8-10-22(11-9-19)32-21-6-4-3-5-7-21/h2-11,16-18,27H,1,12-15,28H2. The van der Waals surface area contributed by atoms with Crippen LogP contribution in [0.1, 0.15) is 30.0 Å². The molecule has 4 rings (SSSR count). The number of rotatable bonds is 6. The second-order valence-electron chi connectivity index (χ2n) is 7.79. The lowest BCUT2D eigenvalue weighted by molar-refractivity contribution is -0.127. The van der Waals surface area contributed by atoms with E-state index in [0.717, 1.165) is 35.6 Å². The second-order valence-corrected chi connectivity index (χ2v) is 7.79. The number of ether oxygens (including phenoxy) is 1. The molecule has 2 heterocycles. The van der Waals surface area contributed by atoms with E-state index in [1.165, 1.54) is 12.3 Å². The number of nitrogen functional groups attached to an aromatic ring is 1. The van der Waals surface area contributed by atoms with Crippen molar-refractivity contribution >= 4 is 17.8 Å². The molecule has 1 aliphatic heterocycles. The minimum Gasteiger partial charge on any atom is -0.457 e. The summed E-state index contributed by atoms with van der Waals surface area (Å²) in [6, 6.07) is 19.1. The Bertz CT molecular complexity index is 1120. The van der Waals surface area contributed by atoms with Gasteiger partial charge in [0.15, 0.2) is 0 Å². The Hall–Kier alpha value is -3.93. The van der Waals surface area contributed by atoms with Crippen molar-refractivity contribution in [3.8, 4) is 22.8 Å². The number of hydrogen-bond donors (Lipinski definition) is 2. The Balaban J connectivity index is 1.58. The predicted molar refractivity (Wildman–Crippen MR) is 127 cm³/mol. The molecule has 0 atom stereocenters. The van der Waals surface area contributed by atoms with Crippen molar-refractivity contribution in [2.75, 3.05) is 18.8 Å². The van der Waals surface area contributed by atoms with Crippen molar-refractivity contribution in [1.82, 2.24) is 9.88 Å². The molecule has 0 unspecified atom stereocenters. The van der Waals surface area contributed by atoms with Gasteiger partial charge in [-0.3, -0.25) is 9.78 Å². The second kappa shape index (κ2) is 9.47. The summed E-state index contributed by atoms with van der Waals surface area (Å²) in [5, 5.41) is 7.81. The molecular formula is C26H26N4O2. The number of piperidine rings is 1. The van der Waals surface area contributed by atoms with Gasteiger partial charge >= 0.3 is 0 Å². The highest BCUT2D eigenvalue weighted by atomic mass is 16.5. The third-order valence-corrected chi connectivity index (χ3v) is 5.77. The van der Waals surface area contributed by atoms with Gasteiger partial charge in [-0.2, -0.15) is 0 Å². The maximum atomic E-state index is 11.9. The Morgan fingerprint density at radius 3 is 2.38 bits per heavy atom. The van der Waals surface area contributed by atoms with Gasteiger partial charge in [0.05, 0.1) is 11.4 Å². The first-order chi connectivity index (χ1) is 15.6. The molecule has 0 bridgehead atoms. The number of hydrogen-bond acceptors (Lipinski definition) is 5. The lowest BCUT2D eigenvalue weighted by atomic mass is 9.91. The van der Waals surface area contributed by atoms with Crippen LogP contribution in [0.3, 0.4) is 0 Å². The molecule has 0 saturated carbocycles. The summed E-state index contributed by atoms with van der Waals surface area (Å²) in [7, 11) is 0. The maximum Gasteiger partial charge on any atom is 0.245 e. The average Bonchev–Trinajstić information content (AvgIpc) is 2.85. The Kier molecular flexibility index (Phi) is 6.31. The van der Waals surface area contributed by atoms with Gasteiger partial charge in [0, 0.05) is 42.0 Å². The summed E-state index contributed by atoms with van der Waals surface area (Å²) in [5.74, 6) is 1.67. The van der Waals surface area contributed by atoms with E-state index >= 15 is 0 Å². The van der Waals surface area contributed by atoms with E-state index in [0.29, 0.717) is 30.0 Å². The molecule has 6 nitrogen and oxygen atoms in total. The third-order valence-electron chi connectivity index (χ3n) is 5.77. The van der Waals surface area contributed by atoms with Gasteiger partial charge in [-0.1, -0.05) is 24.8 Å². The number of carbonyl (C=O) groups is 1. The predicted octanol–water partition coefficient (Wildman–Crippen LogP) is 5.01. The van der Waals surface area contributed by atoms with Crippen molar-refractivity contribution in [2.24, 2.45) is 0 Å². The molecule has 0 aliphatic carbocycles. The van der Waals surface area contributed by atoms with Crippen molar-refractivity contribution in [3.05, 3.63) is 84.6 Å². The van der Waals surface area contributed by atoms with Crippen LogP contribution < -0.4 is 10.5 Å². The normalized spacial score (nSPS) is 14.1. The number of carbonyl (C=O) groups excluding carboxylic acids is 1. The van der Waals surface area contributed by atoms with Crippen molar-refractivity contribution in [1.29, 1.82) is 5.41 Å². The lowest BCUT2D eigenvalue weighted by Crippen LogP contribution is -2.37. The molecule has 0 radical (unpaired) electrons. The largest absolute Gasteiger partial charge is 0.457 e. The lowest BCUT2D eigenvalue weighted by Gasteiger charge is -2.31. The number of nitrogens with one attached hydrogen (secondary N) is 1. The molecule has 3 aromatic rings. The van der Waals surface area contributed by atoms with Crippen LogP contribution in [0, 0.1) is 5.41 Å². The first-order valence-corrected chi connectivity index (χ1v) is 10.6. The first-order valence-electron chi connectivity index (χ1n) is 10.6. The minimum atomic E-state index is -0.0348. The van der Waals surface area contributed by atoms with Gasteiger partial charge in [0.25, 0.3) is 0 Å². The fourth-order valence-electron chi connectivity index (χ4n) is 3.97. The first kappa shape index (κ1) is 21.3. The number of nitrogens with two attached hydrogens (primary N) is 1. The number of aromatic nitrogens is 1. The summed E-state index contributed by atoms with van der Waals surface area (Å²) >= 11 is 0.